The molecule has 1 rings (SSSR count). The Morgan fingerprint density at radius 2 is 1.94 bits per heavy atom. The van der Waals surface area contributed by atoms with Crippen LogP contribution in [0.4, 0.5) is 4.79 Å². The summed E-state index contributed by atoms with van der Waals surface area (Å²) in [5.74, 6) is 0. The van der Waals surface area contributed by atoms with Crippen LogP contribution < -0.4 is 5.32 Å². The molecule has 5 heteroatoms. The van der Waals surface area contributed by atoms with E-state index in [1.54, 1.807) is 7.11 Å². The molecule has 0 aromatic heterocycles. The maximum atomic E-state index is 11.5. The van der Waals surface area contributed by atoms with Gasteiger partial charge >= 0.3 is 6.09 Å². The second kappa shape index (κ2) is 5.89. The molecule has 1 aliphatic carbocycles. The van der Waals surface area contributed by atoms with Crippen molar-refractivity contribution in [2.75, 3.05) is 7.11 Å². The van der Waals surface area contributed by atoms with Gasteiger partial charge in [-0.1, -0.05) is 5.16 Å². The Morgan fingerprint density at radius 1 is 1.35 bits per heavy atom. The summed E-state index contributed by atoms with van der Waals surface area (Å²) in [5.41, 5.74) is 0.622. The van der Waals surface area contributed by atoms with E-state index in [-0.39, 0.29) is 12.1 Å². The van der Waals surface area contributed by atoms with Crippen LogP contribution >= 0.6 is 0 Å². The van der Waals surface area contributed by atoms with Crippen molar-refractivity contribution in [1.29, 1.82) is 0 Å². The van der Waals surface area contributed by atoms with Gasteiger partial charge in [-0.25, -0.2) is 4.79 Å². The summed E-state index contributed by atoms with van der Waals surface area (Å²) in [4.78, 5) is 16.3. The van der Waals surface area contributed by atoms with Gasteiger partial charge in [0.05, 0.1) is 5.71 Å². The van der Waals surface area contributed by atoms with E-state index in [0.29, 0.717) is 0 Å². The number of carbonyl (C=O) groups excluding carboxylic acids is 1. The highest BCUT2D eigenvalue weighted by Crippen LogP contribution is 2.17. The van der Waals surface area contributed by atoms with Crippen molar-refractivity contribution >= 4 is 11.8 Å². The molecule has 98 valence electrons. The molecule has 5 nitrogen and oxygen atoms in total. The molecule has 1 saturated carbocycles. The van der Waals surface area contributed by atoms with E-state index in [1.165, 1.54) is 0 Å². The summed E-state index contributed by atoms with van der Waals surface area (Å²) in [6.07, 6.45) is 3.18. The maximum Gasteiger partial charge on any atom is 0.407 e. The Bertz CT molecular complexity index is 285. The average Bonchev–Trinajstić information content (AvgIpc) is 2.18. The lowest BCUT2D eigenvalue weighted by Gasteiger charge is -2.26. The second-order valence-electron chi connectivity index (χ2n) is 5.26. The van der Waals surface area contributed by atoms with E-state index >= 15 is 0 Å². The highest BCUT2D eigenvalue weighted by atomic mass is 16.6. The summed E-state index contributed by atoms with van der Waals surface area (Å²) in [6.45, 7) is 5.57. The lowest BCUT2D eigenvalue weighted by molar-refractivity contribution is 0.0498. The Hall–Kier alpha value is -1.26. The number of nitrogens with one attached hydrogen (secondary N) is 1. The minimum absolute atomic E-state index is 0.181. The third-order valence-electron chi connectivity index (χ3n) is 2.50. The molecule has 0 spiro atoms. The Labute approximate surface area is 103 Å². The third-order valence-corrected chi connectivity index (χ3v) is 2.50. The van der Waals surface area contributed by atoms with Crippen molar-refractivity contribution in [3.05, 3.63) is 0 Å². The van der Waals surface area contributed by atoms with E-state index < -0.39 is 5.60 Å². The first-order valence-corrected chi connectivity index (χ1v) is 5.99. The van der Waals surface area contributed by atoms with Crippen LogP contribution in [0.2, 0.25) is 0 Å². The number of amides is 1. The molecule has 0 bridgehead atoms. The fourth-order valence-corrected chi connectivity index (χ4v) is 1.79. The van der Waals surface area contributed by atoms with Gasteiger partial charge in [-0.15, -0.1) is 0 Å². The van der Waals surface area contributed by atoms with Gasteiger partial charge in [-0.05, 0) is 46.5 Å². The zero-order chi connectivity index (χ0) is 12.9. The Balaban J connectivity index is 2.31. The molecule has 1 fully saturated rings. The number of alkyl carbamates (subject to hydrolysis) is 1. The number of hydrogen-bond acceptors (Lipinski definition) is 4. The molecule has 0 aliphatic heterocycles. The van der Waals surface area contributed by atoms with E-state index in [0.717, 1.165) is 31.4 Å². The van der Waals surface area contributed by atoms with Gasteiger partial charge in [0, 0.05) is 6.04 Å². The van der Waals surface area contributed by atoms with Crippen LogP contribution in [0.5, 0.6) is 0 Å². The second-order valence-corrected chi connectivity index (χ2v) is 5.26. The summed E-state index contributed by atoms with van der Waals surface area (Å²) in [7, 11) is 1.55. The predicted molar refractivity (Wildman–Crippen MR) is 66.1 cm³/mol. The van der Waals surface area contributed by atoms with Crippen molar-refractivity contribution in [2.45, 2.75) is 58.1 Å². The first kappa shape index (κ1) is 13.8. The molecule has 0 saturated heterocycles. The van der Waals surface area contributed by atoms with Gasteiger partial charge < -0.3 is 14.9 Å². The molecular formula is C12H22N2O3. The van der Waals surface area contributed by atoms with Crippen LogP contribution in [-0.4, -0.2) is 30.6 Å². The highest BCUT2D eigenvalue weighted by molar-refractivity contribution is 5.84. The summed E-state index contributed by atoms with van der Waals surface area (Å²) >= 11 is 0. The Morgan fingerprint density at radius 3 is 2.41 bits per heavy atom. The smallest absolute Gasteiger partial charge is 0.407 e. The summed E-state index contributed by atoms with van der Waals surface area (Å²) in [6, 6.07) is 0.181. The molecule has 0 aromatic rings. The third kappa shape index (κ3) is 5.56. The number of ether oxygens (including phenoxy) is 1. The molecule has 0 unspecified atom stereocenters. The largest absolute Gasteiger partial charge is 0.444 e. The number of oxime groups is 1. The molecular weight excluding hydrogens is 220 g/mol. The van der Waals surface area contributed by atoms with E-state index in [2.05, 4.69) is 10.5 Å². The molecule has 1 amide bonds. The van der Waals surface area contributed by atoms with Crippen molar-refractivity contribution < 1.29 is 14.4 Å². The predicted octanol–water partition coefficient (Wildman–Crippen LogP) is 2.46. The van der Waals surface area contributed by atoms with Gasteiger partial charge in [0.25, 0.3) is 0 Å². The highest BCUT2D eigenvalue weighted by Gasteiger charge is 2.22. The molecule has 0 radical (unpaired) electrons. The van der Waals surface area contributed by atoms with Gasteiger partial charge in [0.2, 0.25) is 0 Å². The van der Waals surface area contributed by atoms with Crippen molar-refractivity contribution in [1.82, 2.24) is 5.32 Å². The SMILES string of the molecule is CON=C1CCC(NC(=O)OC(C)(C)C)CC1. The van der Waals surface area contributed by atoms with Crippen molar-refractivity contribution in [3.8, 4) is 0 Å². The first-order chi connectivity index (χ1) is 7.90. The number of nitrogens with zero attached hydrogens (tertiary/aromatic N) is 1. The molecule has 1 aliphatic rings. The normalized spacial score (nSPS) is 20.7. The van der Waals surface area contributed by atoms with E-state index in [4.69, 9.17) is 9.57 Å². The van der Waals surface area contributed by atoms with E-state index in [1.807, 2.05) is 20.8 Å². The molecule has 1 N–H and O–H groups in total. The maximum absolute atomic E-state index is 11.5. The molecule has 0 heterocycles. The molecule has 0 atom stereocenters. The number of rotatable bonds is 2. The van der Waals surface area contributed by atoms with Crippen LogP contribution in [0, 0.1) is 0 Å². The quantitative estimate of drug-likeness (QED) is 0.757. The Kier molecular flexibility index (Phi) is 4.78. The lowest BCUT2D eigenvalue weighted by Crippen LogP contribution is -2.41. The summed E-state index contributed by atoms with van der Waals surface area (Å²) < 4.78 is 5.21. The van der Waals surface area contributed by atoms with Crippen LogP contribution in [-0.2, 0) is 9.57 Å². The fourth-order valence-electron chi connectivity index (χ4n) is 1.79. The van der Waals surface area contributed by atoms with Crippen molar-refractivity contribution in [2.24, 2.45) is 5.16 Å². The lowest BCUT2D eigenvalue weighted by atomic mass is 9.94. The summed E-state index contributed by atoms with van der Waals surface area (Å²) in [5, 5.41) is 6.81. The first-order valence-electron chi connectivity index (χ1n) is 5.99. The zero-order valence-corrected chi connectivity index (χ0v) is 11.1. The number of hydrogen-bond donors (Lipinski definition) is 1. The fraction of sp³-hybridized carbons (Fsp3) is 0.833. The van der Waals surface area contributed by atoms with Crippen LogP contribution in [0.1, 0.15) is 46.5 Å². The van der Waals surface area contributed by atoms with Crippen LogP contribution in [0.15, 0.2) is 5.16 Å². The number of carbonyl (C=O) groups is 1. The zero-order valence-electron chi connectivity index (χ0n) is 11.1. The molecule has 0 aromatic carbocycles. The minimum Gasteiger partial charge on any atom is -0.444 e. The van der Waals surface area contributed by atoms with Crippen LogP contribution in [0.25, 0.3) is 0 Å². The standard InChI is InChI=1S/C12H22N2O3/c1-12(2,3)17-11(15)13-9-5-7-10(8-6-9)14-16-4/h9H,5-8H2,1-4H3,(H,13,15). The van der Waals surface area contributed by atoms with E-state index in [9.17, 15) is 4.79 Å². The van der Waals surface area contributed by atoms with Crippen molar-refractivity contribution in [3.63, 3.8) is 0 Å². The topological polar surface area (TPSA) is 59.9 Å². The van der Waals surface area contributed by atoms with Gasteiger partial charge in [-0.2, -0.15) is 0 Å². The average molecular weight is 242 g/mol. The van der Waals surface area contributed by atoms with Gasteiger partial charge in [0.15, 0.2) is 0 Å². The van der Waals surface area contributed by atoms with Gasteiger partial charge in [0.1, 0.15) is 12.7 Å². The van der Waals surface area contributed by atoms with Gasteiger partial charge in [-0.3, -0.25) is 0 Å². The monoisotopic (exact) mass is 242 g/mol. The molecule has 17 heavy (non-hydrogen) atoms. The van der Waals surface area contributed by atoms with Crippen LogP contribution in [0.3, 0.4) is 0 Å². The minimum atomic E-state index is -0.443.